The van der Waals surface area contributed by atoms with Crippen molar-refractivity contribution in [2.24, 2.45) is 5.92 Å². The number of rotatable bonds is 4. The average molecular weight is 266 g/mol. The van der Waals surface area contributed by atoms with E-state index >= 15 is 0 Å². The average Bonchev–Trinajstić information content (AvgIpc) is 2.36. The number of benzene rings is 1. The fourth-order valence-electron chi connectivity index (χ4n) is 2.50. The van der Waals surface area contributed by atoms with Crippen LogP contribution in [0.5, 0.6) is 0 Å². The molecule has 0 spiro atoms. The van der Waals surface area contributed by atoms with E-state index in [4.69, 9.17) is 5.11 Å². The SMILES string of the molecule is CN1CCCC(CNc2ccc(C(=O)O)c(F)c2)C1. The number of aromatic carboxylic acids is 1. The molecule has 1 aliphatic rings. The fraction of sp³-hybridized carbons (Fsp3) is 0.500. The maximum atomic E-state index is 13.5. The van der Waals surface area contributed by atoms with Gasteiger partial charge in [0.2, 0.25) is 0 Å². The highest BCUT2D eigenvalue weighted by Gasteiger charge is 2.17. The minimum atomic E-state index is -1.24. The van der Waals surface area contributed by atoms with E-state index in [0.717, 1.165) is 19.6 Å². The van der Waals surface area contributed by atoms with Crippen LogP contribution < -0.4 is 5.32 Å². The molecular weight excluding hydrogens is 247 g/mol. The van der Waals surface area contributed by atoms with Gasteiger partial charge < -0.3 is 15.3 Å². The highest BCUT2D eigenvalue weighted by atomic mass is 19.1. The number of carboxylic acid groups (broad SMARTS) is 1. The molecule has 2 N–H and O–H groups in total. The van der Waals surface area contributed by atoms with Crippen molar-refractivity contribution in [3.8, 4) is 0 Å². The molecule has 0 aliphatic carbocycles. The number of likely N-dealkylation sites (tertiary alicyclic amines) is 1. The second kappa shape index (κ2) is 6.02. The van der Waals surface area contributed by atoms with E-state index in [9.17, 15) is 9.18 Å². The number of halogens is 1. The van der Waals surface area contributed by atoms with Crippen LogP contribution in [0, 0.1) is 11.7 Å². The first-order valence-electron chi connectivity index (χ1n) is 6.51. The Hall–Kier alpha value is -1.62. The molecule has 1 saturated heterocycles. The molecule has 0 radical (unpaired) electrons. The third-order valence-corrected chi connectivity index (χ3v) is 3.52. The fourth-order valence-corrected chi connectivity index (χ4v) is 2.50. The highest BCUT2D eigenvalue weighted by molar-refractivity contribution is 5.88. The second-order valence-electron chi connectivity index (χ2n) is 5.15. The number of anilines is 1. The molecule has 5 heteroatoms. The molecule has 19 heavy (non-hydrogen) atoms. The number of hydrogen-bond acceptors (Lipinski definition) is 3. The zero-order chi connectivity index (χ0) is 13.8. The number of nitrogens with zero attached hydrogens (tertiary/aromatic N) is 1. The predicted octanol–water partition coefficient (Wildman–Crippen LogP) is 2.28. The van der Waals surface area contributed by atoms with Crippen LogP contribution in [0.4, 0.5) is 10.1 Å². The van der Waals surface area contributed by atoms with Crippen molar-refractivity contribution in [1.82, 2.24) is 4.90 Å². The van der Waals surface area contributed by atoms with Gasteiger partial charge in [0.1, 0.15) is 5.82 Å². The lowest BCUT2D eigenvalue weighted by molar-refractivity contribution is 0.0692. The Balaban J connectivity index is 1.92. The van der Waals surface area contributed by atoms with E-state index < -0.39 is 11.8 Å². The van der Waals surface area contributed by atoms with E-state index in [1.807, 2.05) is 0 Å². The van der Waals surface area contributed by atoms with Gasteiger partial charge in [0, 0.05) is 18.8 Å². The van der Waals surface area contributed by atoms with E-state index in [0.29, 0.717) is 11.6 Å². The van der Waals surface area contributed by atoms with Gasteiger partial charge in [-0.1, -0.05) is 0 Å². The molecule has 4 nitrogen and oxygen atoms in total. The lowest BCUT2D eigenvalue weighted by Crippen LogP contribution is -2.35. The van der Waals surface area contributed by atoms with Crippen molar-refractivity contribution in [3.05, 3.63) is 29.6 Å². The van der Waals surface area contributed by atoms with Crippen LogP contribution in [-0.2, 0) is 0 Å². The summed E-state index contributed by atoms with van der Waals surface area (Å²) >= 11 is 0. The zero-order valence-corrected chi connectivity index (χ0v) is 11.0. The van der Waals surface area contributed by atoms with Gasteiger partial charge in [0.05, 0.1) is 5.56 Å². The Kier molecular flexibility index (Phi) is 4.37. The van der Waals surface area contributed by atoms with Crippen molar-refractivity contribution in [1.29, 1.82) is 0 Å². The van der Waals surface area contributed by atoms with Crippen LogP contribution in [0.3, 0.4) is 0 Å². The van der Waals surface area contributed by atoms with Gasteiger partial charge in [-0.2, -0.15) is 0 Å². The third kappa shape index (κ3) is 3.67. The predicted molar refractivity (Wildman–Crippen MR) is 72.1 cm³/mol. The van der Waals surface area contributed by atoms with Crippen LogP contribution in [0.2, 0.25) is 0 Å². The first-order chi connectivity index (χ1) is 9.06. The van der Waals surface area contributed by atoms with Crippen LogP contribution >= 0.6 is 0 Å². The van der Waals surface area contributed by atoms with Crippen molar-refractivity contribution in [2.45, 2.75) is 12.8 Å². The Morgan fingerprint density at radius 2 is 2.37 bits per heavy atom. The molecular formula is C14H19FN2O2. The monoisotopic (exact) mass is 266 g/mol. The molecule has 1 fully saturated rings. The van der Waals surface area contributed by atoms with E-state index in [1.165, 1.54) is 25.0 Å². The van der Waals surface area contributed by atoms with Gasteiger partial charge in [0.15, 0.2) is 0 Å². The van der Waals surface area contributed by atoms with Crippen molar-refractivity contribution in [3.63, 3.8) is 0 Å². The van der Waals surface area contributed by atoms with Gasteiger partial charge in [-0.3, -0.25) is 0 Å². The summed E-state index contributed by atoms with van der Waals surface area (Å²) < 4.78 is 13.5. The molecule has 1 heterocycles. The summed E-state index contributed by atoms with van der Waals surface area (Å²) in [6.07, 6.45) is 2.36. The van der Waals surface area contributed by atoms with Gasteiger partial charge in [0.25, 0.3) is 0 Å². The second-order valence-corrected chi connectivity index (χ2v) is 5.15. The van der Waals surface area contributed by atoms with E-state index in [-0.39, 0.29) is 5.56 Å². The molecule has 104 valence electrons. The number of carbonyl (C=O) groups is 1. The minimum absolute atomic E-state index is 0.289. The molecule has 1 aliphatic heterocycles. The Labute approximate surface area is 112 Å². The standard InChI is InChI=1S/C14H19FN2O2/c1-17-6-2-3-10(9-17)8-16-11-4-5-12(14(18)19)13(15)7-11/h4-5,7,10,16H,2-3,6,8-9H2,1H3,(H,18,19). The summed E-state index contributed by atoms with van der Waals surface area (Å²) in [6.45, 7) is 2.97. The topological polar surface area (TPSA) is 52.6 Å². The molecule has 2 rings (SSSR count). The Bertz CT molecular complexity index is 465. The van der Waals surface area contributed by atoms with Crippen molar-refractivity contribution >= 4 is 11.7 Å². The summed E-state index contributed by atoms with van der Waals surface area (Å²) in [5.74, 6) is -1.38. The zero-order valence-electron chi connectivity index (χ0n) is 11.0. The minimum Gasteiger partial charge on any atom is -0.478 e. The van der Waals surface area contributed by atoms with Crippen LogP contribution in [0.1, 0.15) is 23.2 Å². The Morgan fingerprint density at radius 3 is 3.00 bits per heavy atom. The summed E-state index contributed by atoms with van der Waals surface area (Å²) in [6, 6.07) is 4.15. The first-order valence-corrected chi connectivity index (χ1v) is 6.51. The van der Waals surface area contributed by atoms with Gasteiger partial charge in [-0.05, 0) is 50.6 Å². The van der Waals surface area contributed by atoms with Crippen LogP contribution in [0.25, 0.3) is 0 Å². The molecule has 0 aromatic heterocycles. The van der Waals surface area contributed by atoms with Gasteiger partial charge >= 0.3 is 5.97 Å². The van der Waals surface area contributed by atoms with Crippen molar-refractivity contribution in [2.75, 3.05) is 32.0 Å². The summed E-state index contributed by atoms with van der Waals surface area (Å²) in [5.41, 5.74) is 0.346. The van der Waals surface area contributed by atoms with E-state index in [2.05, 4.69) is 17.3 Å². The maximum Gasteiger partial charge on any atom is 0.338 e. The first kappa shape index (κ1) is 13.8. The molecule has 1 aromatic rings. The van der Waals surface area contributed by atoms with Gasteiger partial charge in [-0.15, -0.1) is 0 Å². The molecule has 0 saturated carbocycles. The Morgan fingerprint density at radius 1 is 1.58 bits per heavy atom. The number of nitrogens with one attached hydrogen (secondary N) is 1. The molecule has 0 amide bonds. The van der Waals surface area contributed by atoms with Crippen molar-refractivity contribution < 1.29 is 14.3 Å². The highest BCUT2D eigenvalue weighted by Crippen LogP contribution is 2.18. The van der Waals surface area contributed by atoms with Crippen LogP contribution in [-0.4, -0.2) is 42.7 Å². The number of hydrogen-bond donors (Lipinski definition) is 2. The quantitative estimate of drug-likeness (QED) is 0.878. The normalized spacial score (nSPS) is 20.2. The lowest BCUT2D eigenvalue weighted by Gasteiger charge is -2.30. The largest absolute Gasteiger partial charge is 0.478 e. The maximum absolute atomic E-state index is 13.5. The molecule has 0 bridgehead atoms. The van der Waals surface area contributed by atoms with Gasteiger partial charge in [-0.25, -0.2) is 9.18 Å². The molecule has 1 unspecified atom stereocenters. The lowest BCUT2D eigenvalue weighted by atomic mass is 9.98. The summed E-state index contributed by atoms with van der Waals surface area (Å²) in [5, 5.41) is 11.9. The molecule has 1 aromatic carbocycles. The molecule has 1 atom stereocenters. The van der Waals surface area contributed by atoms with Crippen LogP contribution in [0.15, 0.2) is 18.2 Å². The van der Waals surface area contributed by atoms with E-state index in [1.54, 1.807) is 6.07 Å². The summed E-state index contributed by atoms with van der Waals surface area (Å²) in [7, 11) is 2.10. The third-order valence-electron chi connectivity index (χ3n) is 3.52. The number of piperidine rings is 1. The smallest absolute Gasteiger partial charge is 0.338 e. The summed E-state index contributed by atoms with van der Waals surface area (Å²) in [4.78, 5) is 13.0. The number of carboxylic acids is 1.